The summed E-state index contributed by atoms with van der Waals surface area (Å²) in [6, 6.07) is 0.640. The Morgan fingerprint density at radius 1 is 1.42 bits per heavy atom. The van der Waals surface area contributed by atoms with E-state index in [1.807, 2.05) is 0 Å². The minimum atomic E-state index is 0.351. The molecule has 0 aromatic rings. The fraction of sp³-hybridized carbons (Fsp3) is 1.00. The van der Waals surface area contributed by atoms with E-state index in [-0.39, 0.29) is 0 Å². The molecule has 2 saturated heterocycles. The molecule has 0 aromatic heterocycles. The van der Waals surface area contributed by atoms with Crippen LogP contribution in [0, 0.1) is 5.92 Å². The van der Waals surface area contributed by atoms with Crippen molar-refractivity contribution >= 4 is 0 Å². The molecule has 0 radical (unpaired) electrons. The topological polar surface area (TPSA) is 32.7 Å². The third kappa shape index (κ3) is 1.63. The van der Waals surface area contributed by atoms with Crippen molar-refractivity contribution in [2.75, 3.05) is 32.9 Å². The van der Waals surface area contributed by atoms with Crippen LogP contribution >= 0.6 is 0 Å². The summed E-state index contributed by atoms with van der Waals surface area (Å²) in [5.41, 5.74) is 0. The zero-order valence-corrected chi connectivity index (χ0v) is 7.41. The summed E-state index contributed by atoms with van der Waals surface area (Å²) >= 11 is 0. The number of rotatable bonds is 2. The van der Waals surface area contributed by atoms with Crippen LogP contribution in [0.5, 0.6) is 0 Å². The van der Waals surface area contributed by atoms with Crippen LogP contribution < -0.4 is 0 Å². The zero-order chi connectivity index (χ0) is 8.39. The predicted molar refractivity (Wildman–Crippen MR) is 46.0 cm³/mol. The monoisotopic (exact) mass is 171 g/mol. The van der Waals surface area contributed by atoms with E-state index in [9.17, 15) is 0 Å². The molecule has 0 amide bonds. The third-order valence-corrected chi connectivity index (χ3v) is 3.00. The van der Waals surface area contributed by atoms with E-state index in [1.165, 1.54) is 6.42 Å². The Morgan fingerprint density at radius 3 is 2.92 bits per heavy atom. The number of aliphatic hydroxyl groups excluding tert-OH is 1. The molecular weight excluding hydrogens is 154 g/mol. The number of aliphatic hydroxyl groups is 1. The van der Waals surface area contributed by atoms with Crippen molar-refractivity contribution < 1.29 is 9.84 Å². The van der Waals surface area contributed by atoms with Crippen molar-refractivity contribution in [2.45, 2.75) is 18.9 Å². The van der Waals surface area contributed by atoms with Gasteiger partial charge in [0.15, 0.2) is 0 Å². The Balaban J connectivity index is 1.81. The molecule has 2 aliphatic heterocycles. The second kappa shape index (κ2) is 3.73. The fourth-order valence-corrected chi connectivity index (χ4v) is 2.15. The maximum Gasteiger partial charge on any atom is 0.0622 e. The Bertz CT molecular complexity index is 145. The van der Waals surface area contributed by atoms with E-state index in [2.05, 4.69) is 4.90 Å². The largest absolute Gasteiger partial charge is 0.396 e. The first-order chi connectivity index (χ1) is 5.90. The summed E-state index contributed by atoms with van der Waals surface area (Å²) in [5, 5.41) is 8.97. The van der Waals surface area contributed by atoms with Gasteiger partial charge in [0.1, 0.15) is 0 Å². The van der Waals surface area contributed by atoms with Crippen molar-refractivity contribution in [3.8, 4) is 0 Å². The summed E-state index contributed by atoms with van der Waals surface area (Å²) in [4.78, 5) is 2.47. The molecule has 12 heavy (non-hydrogen) atoms. The van der Waals surface area contributed by atoms with Crippen LogP contribution in [0.4, 0.5) is 0 Å². The molecule has 2 heterocycles. The lowest BCUT2D eigenvalue weighted by molar-refractivity contribution is 0.151. The highest BCUT2D eigenvalue weighted by Gasteiger charge is 2.29. The van der Waals surface area contributed by atoms with Gasteiger partial charge in [-0.2, -0.15) is 0 Å². The molecule has 0 aliphatic carbocycles. The molecule has 2 fully saturated rings. The average Bonchev–Trinajstić information content (AvgIpc) is 2.75. The lowest BCUT2D eigenvalue weighted by Crippen LogP contribution is -2.33. The van der Waals surface area contributed by atoms with Crippen molar-refractivity contribution in [3.05, 3.63) is 0 Å². The minimum Gasteiger partial charge on any atom is -0.396 e. The SMILES string of the molecule is OCC1CCN(C2CCOC2)C1. The van der Waals surface area contributed by atoms with Crippen LogP contribution in [-0.2, 0) is 4.74 Å². The van der Waals surface area contributed by atoms with Crippen molar-refractivity contribution in [3.63, 3.8) is 0 Å². The van der Waals surface area contributed by atoms with Crippen LogP contribution in [0.25, 0.3) is 0 Å². The molecule has 2 aliphatic rings. The quantitative estimate of drug-likeness (QED) is 0.639. The smallest absolute Gasteiger partial charge is 0.0622 e. The van der Waals surface area contributed by atoms with Crippen LogP contribution in [0.2, 0.25) is 0 Å². The van der Waals surface area contributed by atoms with Gasteiger partial charge in [0.25, 0.3) is 0 Å². The summed E-state index contributed by atoms with van der Waals surface area (Å²) in [5.74, 6) is 0.519. The number of hydrogen-bond donors (Lipinski definition) is 1. The predicted octanol–water partition coefficient (Wildman–Crippen LogP) is 0.0895. The lowest BCUT2D eigenvalue weighted by atomic mass is 10.1. The average molecular weight is 171 g/mol. The summed E-state index contributed by atoms with van der Waals surface area (Å²) in [7, 11) is 0. The van der Waals surface area contributed by atoms with Gasteiger partial charge in [-0.1, -0.05) is 0 Å². The van der Waals surface area contributed by atoms with Gasteiger partial charge in [0.2, 0.25) is 0 Å². The van der Waals surface area contributed by atoms with E-state index in [4.69, 9.17) is 9.84 Å². The normalized spacial score (nSPS) is 37.8. The first-order valence-electron chi connectivity index (χ1n) is 4.83. The summed E-state index contributed by atoms with van der Waals surface area (Å²) < 4.78 is 5.33. The molecule has 2 atom stereocenters. The molecule has 2 rings (SSSR count). The van der Waals surface area contributed by atoms with Gasteiger partial charge in [-0.15, -0.1) is 0 Å². The molecule has 0 saturated carbocycles. The highest BCUT2D eigenvalue weighted by Crippen LogP contribution is 2.21. The lowest BCUT2D eigenvalue weighted by Gasteiger charge is -2.21. The summed E-state index contributed by atoms with van der Waals surface area (Å²) in [6.45, 7) is 4.40. The Labute approximate surface area is 73.3 Å². The van der Waals surface area contributed by atoms with Crippen LogP contribution in [0.15, 0.2) is 0 Å². The number of ether oxygens (including phenoxy) is 1. The zero-order valence-electron chi connectivity index (χ0n) is 7.41. The van der Waals surface area contributed by atoms with Crippen molar-refractivity contribution in [2.24, 2.45) is 5.92 Å². The van der Waals surface area contributed by atoms with E-state index < -0.39 is 0 Å². The van der Waals surface area contributed by atoms with Gasteiger partial charge in [-0.05, 0) is 25.3 Å². The third-order valence-electron chi connectivity index (χ3n) is 3.00. The van der Waals surface area contributed by atoms with Gasteiger partial charge in [0, 0.05) is 25.8 Å². The maximum absolute atomic E-state index is 8.97. The van der Waals surface area contributed by atoms with E-state index in [0.717, 1.165) is 32.7 Å². The molecule has 0 bridgehead atoms. The number of nitrogens with zero attached hydrogens (tertiary/aromatic N) is 1. The molecule has 1 N–H and O–H groups in total. The maximum atomic E-state index is 8.97. The van der Waals surface area contributed by atoms with Gasteiger partial charge >= 0.3 is 0 Å². The highest BCUT2D eigenvalue weighted by molar-refractivity contribution is 4.83. The van der Waals surface area contributed by atoms with Gasteiger partial charge in [-0.25, -0.2) is 0 Å². The molecule has 3 heteroatoms. The standard InChI is InChI=1S/C9H17NO2/c11-6-8-1-3-10(5-8)9-2-4-12-7-9/h8-9,11H,1-7H2. The highest BCUT2D eigenvalue weighted by atomic mass is 16.5. The van der Waals surface area contributed by atoms with Crippen molar-refractivity contribution in [1.82, 2.24) is 4.90 Å². The van der Waals surface area contributed by atoms with E-state index in [1.54, 1.807) is 0 Å². The minimum absolute atomic E-state index is 0.351. The fourth-order valence-electron chi connectivity index (χ4n) is 2.15. The Hall–Kier alpha value is -0.120. The Kier molecular flexibility index (Phi) is 2.63. The second-order valence-electron chi connectivity index (χ2n) is 3.85. The molecule has 0 spiro atoms. The van der Waals surface area contributed by atoms with Crippen molar-refractivity contribution in [1.29, 1.82) is 0 Å². The van der Waals surface area contributed by atoms with Crippen LogP contribution in [0.3, 0.4) is 0 Å². The second-order valence-corrected chi connectivity index (χ2v) is 3.85. The molecule has 0 aromatic carbocycles. The first-order valence-corrected chi connectivity index (χ1v) is 4.83. The van der Waals surface area contributed by atoms with Crippen LogP contribution in [-0.4, -0.2) is 49.0 Å². The summed E-state index contributed by atoms with van der Waals surface area (Å²) in [6.07, 6.45) is 2.34. The van der Waals surface area contributed by atoms with Gasteiger partial charge < -0.3 is 9.84 Å². The van der Waals surface area contributed by atoms with Gasteiger partial charge in [-0.3, -0.25) is 4.90 Å². The number of likely N-dealkylation sites (tertiary alicyclic amines) is 1. The first kappa shape index (κ1) is 8.48. The van der Waals surface area contributed by atoms with Gasteiger partial charge in [0.05, 0.1) is 6.61 Å². The van der Waals surface area contributed by atoms with E-state index >= 15 is 0 Å². The molecule has 70 valence electrons. The van der Waals surface area contributed by atoms with E-state index in [0.29, 0.717) is 18.6 Å². The number of hydrogen-bond acceptors (Lipinski definition) is 3. The molecular formula is C9H17NO2. The molecule has 3 nitrogen and oxygen atoms in total. The molecule has 2 unspecified atom stereocenters. The Morgan fingerprint density at radius 2 is 2.33 bits per heavy atom. The van der Waals surface area contributed by atoms with Crippen LogP contribution in [0.1, 0.15) is 12.8 Å².